The van der Waals surface area contributed by atoms with Gasteiger partial charge in [0.2, 0.25) is 100 Å². The van der Waals surface area contributed by atoms with Crippen molar-refractivity contribution in [3.05, 3.63) is 150 Å². The number of carbonyl (C=O) groups is 17. The monoisotopic (exact) mass is 1880 g/mol. The minimum Gasteiger partial charge on any atom is -0.508 e. The molecule has 135 heavy (non-hydrogen) atoms. The van der Waals surface area contributed by atoms with E-state index in [2.05, 4.69) is 78.1 Å². The van der Waals surface area contributed by atoms with Crippen LogP contribution in [0.5, 0.6) is 5.75 Å². The number of nitrogens with zero attached hydrogens (tertiary/aromatic N) is 7. The Hall–Kier alpha value is -13.8. The van der Waals surface area contributed by atoms with Crippen LogP contribution in [0.2, 0.25) is 0 Å². The molecule has 17 amide bonds. The largest absolute Gasteiger partial charge is 0.508 e. The number of H-pyrrole nitrogens is 3. The summed E-state index contributed by atoms with van der Waals surface area (Å²) in [6, 6.07) is 3.75. The number of aromatic amines is 3. The molecule has 42 heteroatoms. The number of carbonyl (C=O) groups excluding carboxylic acids is 17. The number of aromatic hydroxyl groups is 1. The number of phenolic OH excluding ortho intramolecular Hbond substituents is 1. The van der Waals surface area contributed by atoms with E-state index in [1.54, 1.807) is 80.8 Å². The number of unbranched alkanes of at least 4 members (excludes halogenated alkanes) is 2. The van der Waals surface area contributed by atoms with E-state index >= 15 is 43.2 Å². The number of phenols is 1. The van der Waals surface area contributed by atoms with Crippen molar-refractivity contribution in [2.24, 2.45) is 17.4 Å². The molecular formula is C93H124N22O19S. The summed E-state index contributed by atoms with van der Waals surface area (Å²) < 4.78 is 0. The molecule has 0 spiro atoms. The van der Waals surface area contributed by atoms with E-state index in [4.69, 9.17) is 11.5 Å². The van der Waals surface area contributed by atoms with Gasteiger partial charge in [0.25, 0.3) is 0 Å². The Morgan fingerprint density at radius 1 is 0.541 bits per heavy atom. The number of aliphatic hydroxyl groups is 1. The number of nitrogens with two attached hydrogens (primary N) is 2. The highest BCUT2D eigenvalue weighted by Gasteiger charge is 2.47. The standard InChI is InChI=1S/C93H124N22O19S/c1-10-12-26-73-86(127)105-66(39-57-21-18-19-33-97-57)85(126)110-72(82(123)100-46-78(95)119)48-135-49-79(120)103-69(36-54-29-31-59(116)32-30-54)89(130)111(7)53(6)81(122)108-71(42-77(94)118)91(132)114-34-20-28-74(114)87(128)106-67(40-58-45-96-50-101-58)84(125)109-68(35-51(3)4)92(133)115-47-60(117)41-76(115)88(129)104-65(37-55-43-98-63-24-16-14-22-61(55)63)83(124)102-52(5)80(121)107-70(38-56-44-99-64-25-17-15-23-62(56)64)90(131)113(9)75(27-13-11-2)93(134)112(73)8/h14-19,21-25,29-33,43-45,50-53,60,65-76,98-99,116-117H,10-13,20,26-28,34-42,46-49H2,1-9H3,(H2,94,118)(H2,95,119)(H,96,101)(H,100,123)(H,102,124)(H,103,120)(H,104,129)(H,105,127)(H,106,128)(H,107,121)(H,108,122)(H,109,125)(H,110,126)/t52-,53-,60+,65-,66-,67-,68-,69-,70-,71-,72-,73-,74?,75-,76?/m0/s1. The maximum Gasteiger partial charge on any atom is 0.246 e. The molecule has 4 aromatic heterocycles. The molecule has 3 aromatic carbocycles. The first-order valence-corrected chi connectivity index (χ1v) is 46.6. The van der Waals surface area contributed by atoms with Gasteiger partial charge in [0.15, 0.2) is 0 Å². The minimum atomic E-state index is -1.77. The fourth-order valence-electron chi connectivity index (χ4n) is 16.9. The lowest BCUT2D eigenvalue weighted by Crippen LogP contribution is -2.61. The third kappa shape index (κ3) is 28.2. The summed E-state index contributed by atoms with van der Waals surface area (Å²) in [5.74, 6) is -16.8. The number of fused-ring (bicyclic) bond motifs is 4. The van der Waals surface area contributed by atoms with Gasteiger partial charge in [-0.25, -0.2) is 4.98 Å². The fraction of sp³-hybridized carbons (Fsp3) is 0.495. The number of primary amides is 2. The van der Waals surface area contributed by atoms with E-state index in [1.165, 1.54) is 87.8 Å². The number of pyridine rings is 1. The SMILES string of the molecule is CCCC[C@H]1C(=O)N(C)[C@@H](CCCC)C(=O)N[C@@H](Cc2ccccn2)C(=O)N[C@H](C(=O)NCC(N)=O)CSCC(=O)N[C@@H](Cc2ccc(O)cc2)C(=O)N(C)[C@@H](C)C(=O)N[C@@H](CC(N)=O)C(=O)N2CCCC2C(=O)N[C@@H](Cc2cnc[nH]2)C(=O)N[C@@H](CC(C)C)C(=O)N2C[C@H](O)CC2C(=O)N[C@@H](Cc2c[nH]c3ccccc23)C(=O)N[C@@H](C)C(=O)N[C@@H](Cc2c[nH]c3ccccc23)C(=O)N1C. The smallest absolute Gasteiger partial charge is 0.246 e. The number of aromatic nitrogens is 5. The van der Waals surface area contributed by atoms with Crippen LogP contribution in [0.4, 0.5) is 0 Å². The van der Waals surface area contributed by atoms with Gasteiger partial charge in [-0.1, -0.05) is 108 Å². The van der Waals surface area contributed by atoms with Gasteiger partial charge in [-0.3, -0.25) is 86.5 Å². The molecule has 41 nitrogen and oxygen atoms in total. The zero-order chi connectivity index (χ0) is 98.0. The highest BCUT2D eigenvalue weighted by atomic mass is 32.2. The van der Waals surface area contributed by atoms with E-state index in [0.717, 1.165) is 26.5 Å². The molecule has 0 aliphatic carbocycles. The van der Waals surface area contributed by atoms with Crippen molar-refractivity contribution in [1.29, 1.82) is 0 Å². The predicted molar refractivity (Wildman–Crippen MR) is 497 cm³/mol. The summed E-state index contributed by atoms with van der Waals surface area (Å²) in [5, 5.41) is 50.0. The second-order valence-corrected chi connectivity index (χ2v) is 36.0. The molecule has 2 unspecified atom stereocenters. The molecule has 7 aromatic rings. The van der Waals surface area contributed by atoms with Gasteiger partial charge in [0.1, 0.15) is 90.3 Å². The third-order valence-electron chi connectivity index (χ3n) is 24.4. The van der Waals surface area contributed by atoms with Crippen LogP contribution in [0.15, 0.2) is 122 Å². The lowest BCUT2D eigenvalue weighted by atomic mass is 10.00. The van der Waals surface area contributed by atoms with Crippen molar-refractivity contribution in [3.63, 3.8) is 0 Å². The number of amides is 17. The number of aliphatic hydroxyl groups excluding tert-OH is 1. The van der Waals surface area contributed by atoms with E-state index in [9.17, 15) is 48.6 Å². The van der Waals surface area contributed by atoms with Gasteiger partial charge in [-0.2, -0.15) is 0 Å². The molecule has 3 aliphatic heterocycles. The normalized spacial score (nSPS) is 24.8. The second-order valence-electron chi connectivity index (χ2n) is 35.0. The zero-order valence-electron chi connectivity index (χ0n) is 77.2. The molecule has 3 aliphatic rings. The number of nitrogens with one attached hydrogen (secondary N) is 13. The summed E-state index contributed by atoms with van der Waals surface area (Å²) in [5.41, 5.74) is 14.7. The Labute approximate surface area is 784 Å². The topological polar surface area (TPSA) is 592 Å². The maximum absolute atomic E-state index is 15.8. The Morgan fingerprint density at radius 3 is 1.70 bits per heavy atom. The molecule has 0 bridgehead atoms. The molecule has 19 N–H and O–H groups in total. The summed E-state index contributed by atoms with van der Waals surface area (Å²) in [4.78, 5) is 274. The molecule has 3 saturated heterocycles. The Balaban J connectivity index is 1.02. The molecular weight excluding hydrogens is 1760 g/mol. The first-order chi connectivity index (χ1) is 64.4. The van der Waals surface area contributed by atoms with Gasteiger partial charge < -0.3 is 114 Å². The Morgan fingerprint density at radius 2 is 1.09 bits per heavy atom. The fourth-order valence-corrected chi connectivity index (χ4v) is 17.7. The minimum absolute atomic E-state index is 0.00448. The molecule has 0 radical (unpaired) electrons. The maximum atomic E-state index is 15.8. The number of rotatable bonds is 23. The van der Waals surface area contributed by atoms with Crippen molar-refractivity contribution in [3.8, 4) is 5.75 Å². The molecule has 0 saturated carbocycles. The van der Waals surface area contributed by atoms with E-state index in [-0.39, 0.29) is 94.5 Å². The van der Waals surface area contributed by atoms with Crippen LogP contribution in [-0.4, -0.2) is 303 Å². The first kappa shape index (κ1) is 103. The Bertz CT molecular complexity index is 5390. The van der Waals surface area contributed by atoms with Gasteiger partial charge in [-0.15, -0.1) is 11.8 Å². The van der Waals surface area contributed by atoms with Crippen LogP contribution in [-0.2, 0) is 114 Å². The van der Waals surface area contributed by atoms with Crippen LogP contribution in [0.1, 0.15) is 140 Å². The highest BCUT2D eigenvalue weighted by molar-refractivity contribution is 8.00. The molecule has 3 fully saturated rings. The quantitative estimate of drug-likeness (QED) is 0.0383. The van der Waals surface area contributed by atoms with Crippen LogP contribution >= 0.6 is 11.8 Å². The number of hydrogen-bond donors (Lipinski definition) is 17. The van der Waals surface area contributed by atoms with E-state index < -0.39 is 222 Å². The van der Waals surface area contributed by atoms with Gasteiger partial charge in [-0.05, 0) is 105 Å². The number of imidazole rings is 1. The van der Waals surface area contributed by atoms with Crippen LogP contribution in [0.25, 0.3) is 21.8 Å². The molecule has 15 atom stereocenters. The average Bonchev–Trinajstić information content (AvgIpc) is 1.65. The molecule has 10 rings (SSSR count). The van der Waals surface area contributed by atoms with Crippen molar-refractivity contribution >= 4 is 134 Å². The summed E-state index contributed by atoms with van der Waals surface area (Å²) in [6.45, 7) is 8.66. The second kappa shape index (κ2) is 48.7. The van der Waals surface area contributed by atoms with Gasteiger partial charge in [0, 0.05) is 136 Å². The van der Waals surface area contributed by atoms with E-state index in [1.807, 2.05) is 26.0 Å². The van der Waals surface area contributed by atoms with E-state index in [0.29, 0.717) is 69.9 Å². The third-order valence-corrected chi connectivity index (χ3v) is 25.4. The van der Waals surface area contributed by atoms with Crippen LogP contribution in [0.3, 0.4) is 0 Å². The molecule has 7 heterocycles. The number of para-hydroxylation sites is 2. The van der Waals surface area contributed by atoms with Crippen molar-refractivity contribution in [2.75, 3.05) is 52.3 Å². The zero-order valence-corrected chi connectivity index (χ0v) is 78.0. The summed E-state index contributed by atoms with van der Waals surface area (Å²) >= 11 is 0.783. The number of benzene rings is 3. The first-order valence-electron chi connectivity index (χ1n) is 45.4. The van der Waals surface area contributed by atoms with Crippen molar-refractivity contribution in [2.45, 2.75) is 235 Å². The van der Waals surface area contributed by atoms with Crippen molar-refractivity contribution < 1.29 is 91.7 Å². The Kier molecular flexibility index (Phi) is 37.3. The number of likely N-dealkylation sites (N-methyl/N-ethyl adjacent to an activating group) is 3. The summed E-state index contributed by atoms with van der Waals surface area (Å²) in [7, 11) is 4.01. The predicted octanol–water partition coefficient (Wildman–Crippen LogP) is -0.527. The molecule has 726 valence electrons. The van der Waals surface area contributed by atoms with Crippen molar-refractivity contribution in [1.82, 2.24) is 103 Å². The average molecular weight is 1890 g/mol. The van der Waals surface area contributed by atoms with Gasteiger partial charge >= 0.3 is 0 Å². The highest BCUT2D eigenvalue weighted by Crippen LogP contribution is 2.28. The van der Waals surface area contributed by atoms with Crippen LogP contribution in [0, 0.1) is 5.92 Å². The van der Waals surface area contributed by atoms with Gasteiger partial charge in [0.05, 0.1) is 31.1 Å². The lowest BCUT2D eigenvalue weighted by Gasteiger charge is -2.36. The summed E-state index contributed by atoms with van der Waals surface area (Å²) in [6.07, 6.45) is 5.65. The number of thioether (sulfide) groups is 1. The lowest BCUT2D eigenvalue weighted by molar-refractivity contribution is -0.149. The number of hydrogen-bond acceptors (Lipinski definition) is 22. The van der Waals surface area contributed by atoms with Crippen LogP contribution < -0.4 is 64.6 Å².